The molecule has 5 nitrogen and oxygen atoms in total. The molecular weight excluding hydrogens is 368 g/mol. The maximum atomic E-state index is 11.8. The Morgan fingerprint density at radius 2 is 1.24 bits per heavy atom. The summed E-state index contributed by atoms with van der Waals surface area (Å²) in [6, 6.07) is 0. The predicted octanol–water partition coefficient (Wildman–Crippen LogP) is 5.89. The molecule has 166 valence electrons. The third-order valence-corrected chi connectivity index (χ3v) is 4.98. The highest BCUT2D eigenvalue weighted by molar-refractivity contribution is 6.24. The fraction of sp³-hybridized carbons (Fsp3) is 0.750. The number of carbonyl (C=O) groups excluding carboxylic acids is 4. The number of Topliss-reactive ketones (excluding diaryl/α,β-unsaturated/α-hetero) is 1. The zero-order valence-corrected chi connectivity index (χ0v) is 18.5. The van der Waals surface area contributed by atoms with Crippen molar-refractivity contribution in [2.24, 2.45) is 5.92 Å². The molecule has 0 saturated carbocycles. The van der Waals surface area contributed by atoms with E-state index in [1.165, 1.54) is 64.2 Å². The molecule has 0 atom stereocenters. The summed E-state index contributed by atoms with van der Waals surface area (Å²) >= 11 is 0. The van der Waals surface area contributed by atoms with Crippen LogP contribution in [-0.2, 0) is 23.9 Å². The molecule has 0 radical (unpaired) electrons. The number of carbonyl (C=O) groups is 4. The maximum Gasteiger partial charge on any atom is 0.379 e. The summed E-state index contributed by atoms with van der Waals surface area (Å²) in [5.74, 6) is -1.55. The minimum atomic E-state index is -1.27. The Labute approximate surface area is 176 Å². The molecule has 0 fully saturated rings. The second-order valence-electron chi connectivity index (χ2n) is 8.32. The predicted molar refractivity (Wildman–Crippen MR) is 115 cm³/mol. The summed E-state index contributed by atoms with van der Waals surface area (Å²) in [6.07, 6.45) is 16.4. The van der Waals surface area contributed by atoms with Crippen LogP contribution in [0.2, 0.25) is 0 Å². The van der Waals surface area contributed by atoms with Gasteiger partial charge in [0.15, 0.2) is 0 Å². The van der Waals surface area contributed by atoms with Gasteiger partial charge in [-0.25, -0.2) is 9.59 Å². The van der Waals surface area contributed by atoms with Gasteiger partial charge in [0.2, 0.25) is 6.29 Å². The summed E-state index contributed by atoms with van der Waals surface area (Å²) in [5.41, 5.74) is -0.0925. The van der Waals surface area contributed by atoms with Crippen molar-refractivity contribution < 1.29 is 23.9 Å². The van der Waals surface area contributed by atoms with Crippen LogP contribution >= 0.6 is 0 Å². The van der Waals surface area contributed by atoms with Crippen molar-refractivity contribution >= 4 is 24.0 Å². The molecule has 0 saturated heterocycles. The SMILES string of the molecule is C=C(CC(=O)CCCCCCCCCCCCCCC(C)C)C(=O)OC(=O)C=O. The van der Waals surface area contributed by atoms with E-state index in [9.17, 15) is 19.2 Å². The van der Waals surface area contributed by atoms with E-state index in [0.29, 0.717) is 6.42 Å². The molecule has 0 heterocycles. The number of hydrogen-bond acceptors (Lipinski definition) is 5. The summed E-state index contributed by atoms with van der Waals surface area (Å²) in [5, 5.41) is 0. The molecule has 0 N–H and O–H groups in total. The van der Waals surface area contributed by atoms with E-state index in [1.54, 1.807) is 0 Å². The molecule has 0 aromatic carbocycles. The number of ketones is 1. The first kappa shape index (κ1) is 27.2. The molecule has 0 bridgehead atoms. The summed E-state index contributed by atoms with van der Waals surface area (Å²) in [6.45, 7) is 8.02. The van der Waals surface area contributed by atoms with Gasteiger partial charge in [-0.05, 0) is 12.3 Å². The third kappa shape index (κ3) is 18.0. The average molecular weight is 409 g/mol. The lowest BCUT2D eigenvalue weighted by molar-refractivity contribution is -0.159. The Morgan fingerprint density at radius 1 is 0.793 bits per heavy atom. The zero-order chi connectivity index (χ0) is 21.9. The molecule has 0 unspecified atom stereocenters. The molecule has 0 aliphatic heterocycles. The molecule has 29 heavy (non-hydrogen) atoms. The lowest BCUT2D eigenvalue weighted by atomic mass is 10.0. The molecule has 0 rings (SSSR count). The van der Waals surface area contributed by atoms with Crippen molar-refractivity contribution in [3.8, 4) is 0 Å². The summed E-state index contributed by atoms with van der Waals surface area (Å²) in [4.78, 5) is 44.1. The zero-order valence-electron chi connectivity index (χ0n) is 18.5. The third-order valence-electron chi connectivity index (χ3n) is 4.98. The van der Waals surface area contributed by atoms with Gasteiger partial charge in [0, 0.05) is 18.4 Å². The van der Waals surface area contributed by atoms with Crippen LogP contribution in [0, 0.1) is 5.92 Å². The Morgan fingerprint density at radius 3 is 1.69 bits per heavy atom. The molecule has 0 amide bonds. The lowest BCUT2D eigenvalue weighted by Gasteiger charge is -2.05. The summed E-state index contributed by atoms with van der Waals surface area (Å²) < 4.78 is 4.20. The second-order valence-corrected chi connectivity index (χ2v) is 8.32. The topological polar surface area (TPSA) is 77.5 Å². The van der Waals surface area contributed by atoms with Gasteiger partial charge in [-0.3, -0.25) is 9.59 Å². The number of hydrogen-bond donors (Lipinski definition) is 0. The highest BCUT2D eigenvalue weighted by Gasteiger charge is 2.16. The van der Waals surface area contributed by atoms with Crippen LogP contribution in [0.3, 0.4) is 0 Å². The van der Waals surface area contributed by atoms with Gasteiger partial charge in [-0.15, -0.1) is 0 Å². The van der Waals surface area contributed by atoms with Crippen LogP contribution < -0.4 is 0 Å². The Bertz CT molecular complexity index is 507. The van der Waals surface area contributed by atoms with E-state index in [4.69, 9.17) is 0 Å². The van der Waals surface area contributed by atoms with Gasteiger partial charge in [-0.2, -0.15) is 0 Å². The van der Waals surface area contributed by atoms with Crippen molar-refractivity contribution in [3.63, 3.8) is 0 Å². The monoisotopic (exact) mass is 408 g/mol. The average Bonchev–Trinajstić information content (AvgIpc) is 2.67. The Hall–Kier alpha value is -1.78. The van der Waals surface area contributed by atoms with Gasteiger partial charge in [0.1, 0.15) is 5.78 Å². The van der Waals surface area contributed by atoms with Crippen LogP contribution in [0.4, 0.5) is 0 Å². The van der Waals surface area contributed by atoms with E-state index in [2.05, 4.69) is 25.2 Å². The van der Waals surface area contributed by atoms with E-state index < -0.39 is 11.9 Å². The number of unbranched alkanes of at least 4 members (excludes halogenated alkanes) is 11. The lowest BCUT2D eigenvalue weighted by Crippen LogP contribution is -2.16. The summed E-state index contributed by atoms with van der Waals surface area (Å²) in [7, 11) is 0. The van der Waals surface area contributed by atoms with E-state index >= 15 is 0 Å². The van der Waals surface area contributed by atoms with Crippen LogP contribution in [0.15, 0.2) is 12.2 Å². The minimum absolute atomic E-state index is 0.0925. The van der Waals surface area contributed by atoms with Crippen molar-refractivity contribution in [1.29, 1.82) is 0 Å². The molecule has 0 spiro atoms. The first-order valence-corrected chi connectivity index (χ1v) is 11.3. The van der Waals surface area contributed by atoms with Crippen LogP contribution in [0.5, 0.6) is 0 Å². The highest BCUT2D eigenvalue weighted by Crippen LogP contribution is 2.15. The van der Waals surface area contributed by atoms with Crippen molar-refractivity contribution in [2.75, 3.05) is 0 Å². The van der Waals surface area contributed by atoms with E-state index in [1.807, 2.05) is 0 Å². The largest absolute Gasteiger partial charge is 0.384 e. The van der Waals surface area contributed by atoms with Gasteiger partial charge in [-0.1, -0.05) is 97.5 Å². The van der Waals surface area contributed by atoms with Crippen molar-refractivity contribution in [2.45, 2.75) is 110 Å². The normalized spacial score (nSPS) is 10.7. The van der Waals surface area contributed by atoms with Gasteiger partial charge in [0.25, 0.3) is 0 Å². The van der Waals surface area contributed by atoms with Gasteiger partial charge < -0.3 is 4.74 Å². The smallest absolute Gasteiger partial charge is 0.379 e. The fourth-order valence-electron chi connectivity index (χ4n) is 3.23. The minimum Gasteiger partial charge on any atom is -0.384 e. The van der Waals surface area contributed by atoms with E-state index in [0.717, 1.165) is 25.2 Å². The molecule has 0 aromatic heterocycles. The maximum absolute atomic E-state index is 11.8. The number of rotatable bonds is 19. The van der Waals surface area contributed by atoms with Crippen molar-refractivity contribution in [1.82, 2.24) is 0 Å². The van der Waals surface area contributed by atoms with Crippen LogP contribution in [-0.4, -0.2) is 24.0 Å². The fourth-order valence-corrected chi connectivity index (χ4v) is 3.23. The standard InChI is InChI=1S/C24H40O5/c1-20(2)16-14-12-10-8-6-4-5-7-9-11-13-15-17-22(26)18-21(3)24(28)29-23(27)19-25/h19-20H,3-18H2,1-2H3. The highest BCUT2D eigenvalue weighted by atomic mass is 16.6. The van der Waals surface area contributed by atoms with Crippen molar-refractivity contribution in [3.05, 3.63) is 12.2 Å². The van der Waals surface area contributed by atoms with Crippen LogP contribution in [0.25, 0.3) is 0 Å². The first-order valence-electron chi connectivity index (χ1n) is 11.3. The molecular formula is C24H40O5. The molecule has 0 aliphatic carbocycles. The molecule has 5 heteroatoms. The van der Waals surface area contributed by atoms with Gasteiger partial charge in [0.05, 0.1) is 0 Å². The van der Waals surface area contributed by atoms with Gasteiger partial charge >= 0.3 is 11.9 Å². The number of aldehydes is 1. The Kier molecular flexibility index (Phi) is 17.1. The molecule has 0 aromatic rings. The Balaban J connectivity index is 3.44. The quantitative estimate of drug-likeness (QED) is 0.0665. The molecule has 0 aliphatic rings. The number of esters is 2. The number of ether oxygens (including phenoxy) is 1. The van der Waals surface area contributed by atoms with E-state index in [-0.39, 0.29) is 24.1 Å². The van der Waals surface area contributed by atoms with Crippen LogP contribution in [0.1, 0.15) is 110 Å². The first-order chi connectivity index (χ1) is 13.9. The second kappa shape index (κ2) is 18.3.